The lowest BCUT2D eigenvalue weighted by molar-refractivity contribution is -0.138. The average molecular weight is 492 g/mol. The molecule has 0 bridgehead atoms. The van der Waals surface area contributed by atoms with Crippen molar-refractivity contribution in [1.29, 1.82) is 0 Å². The molecule has 4 aliphatic heterocycles. The van der Waals surface area contributed by atoms with Crippen LogP contribution >= 0.6 is 34.8 Å². The van der Waals surface area contributed by atoms with Crippen LogP contribution in [0.2, 0.25) is 0 Å². The molecule has 4 heterocycles. The van der Waals surface area contributed by atoms with Gasteiger partial charge >= 0.3 is 6.09 Å². The molecular formula is C18H21Cl3N6O4. The molecule has 10 nitrogen and oxygen atoms in total. The second kappa shape index (κ2) is 7.75. The minimum Gasteiger partial charge on any atom is -0.445 e. The number of hydrogen-bond donors (Lipinski definition) is 3. The van der Waals surface area contributed by atoms with E-state index < -0.39 is 28.2 Å². The van der Waals surface area contributed by atoms with Crippen LogP contribution in [0.15, 0.2) is 29.5 Å². The van der Waals surface area contributed by atoms with Crippen molar-refractivity contribution in [3.05, 3.63) is 24.6 Å². The number of guanidine groups is 1. The summed E-state index contributed by atoms with van der Waals surface area (Å²) in [6.07, 6.45) is 3.42. The van der Waals surface area contributed by atoms with Crippen LogP contribution in [0.5, 0.6) is 0 Å². The summed E-state index contributed by atoms with van der Waals surface area (Å²) in [6.45, 7) is 5.51. The van der Waals surface area contributed by atoms with Gasteiger partial charge in [0.25, 0.3) is 0 Å². The summed E-state index contributed by atoms with van der Waals surface area (Å²) in [5.74, 6) is 0.283. The molecule has 2 saturated heterocycles. The third-order valence-corrected chi connectivity index (χ3v) is 5.92. The number of alkyl halides is 3. The Bertz CT molecular complexity index is 887. The Hall–Kier alpha value is -2.17. The Morgan fingerprint density at radius 1 is 1.39 bits per heavy atom. The number of imide groups is 1. The van der Waals surface area contributed by atoms with Crippen molar-refractivity contribution in [2.75, 3.05) is 13.2 Å². The maximum absolute atomic E-state index is 12.4. The maximum Gasteiger partial charge on any atom is 0.414 e. The largest absolute Gasteiger partial charge is 0.445 e. The van der Waals surface area contributed by atoms with Crippen molar-refractivity contribution < 1.29 is 19.1 Å². The minimum atomic E-state index is -1.76. The van der Waals surface area contributed by atoms with Crippen LogP contribution in [0.25, 0.3) is 0 Å². The lowest BCUT2D eigenvalue weighted by Gasteiger charge is -2.47. The van der Waals surface area contributed by atoms with Crippen LogP contribution in [-0.4, -0.2) is 74.4 Å². The second-order valence-corrected chi connectivity index (χ2v) is 10.3. The van der Waals surface area contributed by atoms with E-state index in [2.05, 4.69) is 27.5 Å². The van der Waals surface area contributed by atoms with Gasteiger partial charge in [-0.1, -0.05) is 47.5 Å². The van der Waals surface area contributed by atoms with E-state index in [-0.39, 0.29) is 49.2 Å². The zero-order valence-electron chi connectivity index (χ0n) is 16.5. The predicted molar refractivity (Wildman–Crippen MR) is 114 cm³/mol. The topological polar surface area (TPSA) is 115 Å². The Morgan fingerprint density at radius 2 is 2.06 bits per heavy atom. The van der Waals surface area contributed by atoms with Gasteiger partial charge in [-0.3, -0.25) is 19.8 Å². The molecule has 4 rings (SSSR count). The molecule has 168 valence electrons. The number of hydrogen-bond acceptors (Lipinski definition) is 8. The van der Waals surface area contributed by atoms with E-state index in [0.29, 0.717) is 5.82 Å². The number of nitrogens with one attached hydrogen (secondary N) is 3. The van der Waals surface area contributed by atoms with Crippen LogP contribution in [0.3, 0.4) is 0 Å². The van der Waals surface area contributed by atoms with Gasteiger partial charge in [-0.15, -0.1) is 0 Å². The molecule has 31 heavy (non-hydrogen) atoms. The lowest BCUT2D eigenvalue weighted by Crippen LogP contribution is -2.71. The van der Waals surface area contributed by atoms with Crippen LogP contribution in [-0.2, 0) is 14.3 Å². The highest BCUT2D eigenvalue weighted by Gasteiger charge is 2.58. The molecule has 4 atom stereocenters. The summed E-state index contributed by atoms with van der Waals surface area (Å²) in [5.41, 5.74) is -0.799. The fourth-order valence-corrected chi connectivity index (χ4v) is 4.54. The molecule has 3 amide bonds. The second-order valence-electron chi connectivity index (χ2n) is 7.76. The van der Waals surface area contributed by atoms with Crippen molar-refractivity contribution in [3.8, 4) is 0 Å². The van der Waals surface area contributed by atoms with Crippen molar-refractivity contribution in [3.63, 3.8) is 0 Å². The number of aliphatic imine (C=N–C) groups is 1. The van der Waals surface area contributed by atoms with E-state index in [1.54, 1.807) is 0 Å². The number of ether oxygens (including phenoxy) is 1. The first-order chi connectivity index (χ1) is 14.5. The van der Waals surface area contributed by atoms with E-state index in [9.17, 15) is 14.4 Å². The number of rotatable bonds is 3. The van der Waals surface area contributed by atoms with E-state index >= 15 is 0 Å². The standard InChI is InChI=1S/C18H21Cl3N6O4/c1-9-5-6-17-14(22-10(2)25-17)11(7-26-12(28)3-4-13(26)29)23-15(27(9)17)24-16(30)31-8-18(19,20)21/h5-6,9,11,14,22,25H,2-4,7-8H2,1H3,(H,23,24,30)/t9-,11-,14-,17+/m0/s1. The Morgan fingerprint density at radius 3 is 2.71 bits per heavy atom. The minimum absolute atomic E-state index is 0.0660. The van der Waals surface area contributed by atoms with Gasteiger partial charge in [-0.05, 0) is 13.0 Å². The molecule has 13 heteroatoms. The molecule has 0 aromatic rings. The van der Waals surface area contributed by atoms with Crippen LogP contribution in [0, 0.1) is 0 Å². The number of carbonyl (C=O) groups excluding carboxylic acids is 3. The van der Waals surface area contributed by atoms with Gasteiger partial charge in [-0.2, -0.15) is 0 Å². The highest BCUT2D eigenvalue weighted by molar-refractivity contribution is 6.67. The quantitative estimate of drug-likeness (QED) is 0.306. The first kappa shape index (κ1) is 22.0. The fourth-order valence-electron chi connectivity index (χ4n) is 4.38. The van der Waals surface area contributed by atoms with Gasteiger partial charge in [0.2, 0.25) is 21.6 Å². The molecule has 2 fully saturated rings. The number of amides is 3. The normalized spacial score (nSPS) is 31.8. The van der Waals surface area contributed by atoms with Crippen LogP contribution in [0.1, 0.15) is 19.8 Å². The molecule has 4 aliphatic rings. The number of alkyl carbamates (subject to hydrolysis) is 1. The summed E-state index contributed by atoms with van der Waals surface area (Å²) >= 11 is 16.9. The summed E-state index contributed by atoms with van der Waals surface area (Å²) in [7, 11) is 0. The van der Waals surface area contributed by atoms with E-state index in [1.165, 1.54) is 4.90 Å². The van der Waals surface area contributed by atoms with Gasteiger partial charge in [0.15, 0.2) is 5.66 Å². The highest BCUT2D eigenvalue weighted by Crippen LogP contribution is 2.38. The molecule has 0 radical (unpaired) electrons. The van der Waals surface area contributed by atoms with Crippen molar-refractivity contribution >= 4 is 58.7 Å². The third kappa shape index (κ3) is 4.04. The zero-order chi connectivity index (χ0) is 22.6. The summed E-state index contributed by atoms with van der Waals surface area (Å²) in [6, 6.07) is -1.04. The van der Waals surface area contributed by atoms with Crippen LogP contribution < -0.4 is 16.0 Å². The Balaban J connectivity index is 1.64. The predicted octanol–water partition coefficient (Wildman–Crippen LogP) is 0.959. The first-order valence-electron chi connectivity index (χ1n) is 9.64. The van der Waals surface area contributed by atoms with Crippen molar-refractivity contribution in [2.45, 2.75) is 47.3 Å². The van der Waals surface area contributed by atoms with E-state index in [4.69, 9.17) is 39.5 Å². The van der Waals surface area contributed by atoms with Gasteiger partial charge in [0.05, 0.1) is 30.5 Å². The van der Waals surface area contributed by atoms with Gasteiger partial charge < -0.3 is 20.3 Å². The Kier molecular flexibility index (Phi) is 5.51. The molecule has 0 aliphatic carbocycles. The number of nitrogens with zero attached hydrogens (tertiary/aromatic N) is 3. The smallest absolute Gasteiger partial charge is 0.414 e. The molecule has 1 spiro atoms. The zero-order valence-corrected chi connectivity index (χ0v) is 18.8. The van der Waals surface area contributed by atoms with Crippen LogP contribution in [0.4, 0.5) is 4.79 Å². The first-order valence-corrected chi connectivity index (χ1v) is 10.8. The highest BCUT2D eigenvalue weighted by atomic mass is 35.6. The molecule has 0 aromatic carbocycles. The summed E-state index contributed by atoms with van der Waals surface area (Å²) < 4.78 is 3.22. The lowest BCUT2D eigenvalue weighted by atomic mass is 9.92. The fraction of sp³-hybridized carbons (Fsp3) is 0.556. The molecule has 0 unspecified atom stereocenters. The van der Waals surface area contributed by atoms with E-state index in [1.807, 2.05) is 24.0 Å². The van der Waals surface area contributed by atoms with Gasteiger partial charge in [0, 0.05) is 12.8 Å². The summed E-state index contributed by atoms with van der Waals surface area (Å²) in [5, 5.41) is 9.17. The van der Waals surface area contributed by atoms with Crippen molar-refractivity contribution in [1.82, 2.24) is 25.8 Å². The third-order valence-electron chi connectivity index (χ3n) is 5.60. The van der Waals surface area contributed by atoms with E-state index in [0.717, 1.165) is 0 Å². The molecule has 3 N–H and O–H groups in total. The van der Waals surface area contributed by atoms with Gasteiger partial charge in [0.1, 0.15) is 6.61 Å². The number of likely N-dealkylation sites (tertiary alicyclic amines) is 1. The van der Waals surface area contributed by atoms with Crippen molar-refractivity contribution in [2.24, 2.45) is 4.99 Å². The number of carbonyl (C=O) groups is 3. The molecular weight excluding hydrogens is 471 g/mol. The SMILES string of the molecule is C=C1N[C@H]2[C@H](CN3C(=O)CCC3=O)N=C(NC(=O)OCC(Cl)(Cl)Cl)N3[C@@H](C)C=C[C@]23N1. The maximum atomic E-state index is 12.4. The molecule has 0 aromatic heterocycles. The number of halogens is 3. The average Bonchev–Trinajstić information content (AvgIpc) is 3.29. The summed E-state index contributed by atoms with van der Waals surface area (Å²) in [4.78, 5) is 44.5. The Labute approximate surface area is 193 Å². The molecule has 0 saturated carbocycles. The van der Waals surface area contributed by atoms with Gasteiger partial charge in [-0.25, -0.2) is 9.79 Å². The monoisotopic (exact) mass is 490 g/mol.